The van der Waals surface area contributed by atoms with E-state index in [0.29, 0.717) is 57.3 Å². The van der Waals surface area contributed by atoms with E-state index in [4.69, 9.17) is 19.4 Å². The number of hydrogen-bond acceptors (Lipinski definition) is 14. The van der Waals surface area contributed by atoms with Gasteiger partial charge in [-0.1, -0.05) is 86.5 Å². The van der Waals surface area contributed by atoms with Crippen molar-refractivity contribution in [3.63, 3.8) is 0 Å². The van der Waals surface area contributed by atoms with Crippen molar-refractivity contribution in [3.8, 4) is 91.3 Å². The first-order valence-corrected chi connectivity index (χ1v) is 22.3. The van der Waals surface area contributed by atoms with Crippen molar-refractivity contribution in [3.05, 3.63) is 156 Å². The van der Waals surface area contributed by atoms with Crippen LogP contribution < -0.4 is 0 Å². The van der Waals surface area contributed by atoms with Gasteiger partial charge in [0.25, 0.3) is 0 Å². The summed E-state index contributed by atoms with van der Waals surface area (Å²) in [5.74, 6) is 0.375. The van der Waals surface area contributed by atoms with Gasteiger partial charge in [0, 0.05) is 11.1 Å². The normalized spacial score (nSPS) is 11.5. The van der Waals surface area contributed by atoms with E-state index in [0.717, 1.165) is 24.8 Å². The van der Waals surface area contributed by atoms with Crippen LogP contribution in [0.25, 0.3) is 68.3 Å². The highest BCUT2D eigenvalue weighted by Gasteiger charge is 2.21. The maximum atomic E-state index is 13.5. The fourth-order valence-corrected chi connectivity index (χ4v) is 7.57. The molecule has 0 aliphatic rings. The molecule has 0 aliphatic carbocycles. The summed E-state index contributed by atoms with van der Waals surface area (Å²) in [6.07, 6.45) is 4.04. The SMILES string of the molecule is CCCCC(CCc1ccc(O)c(-c2nc(-c3ccc(C(=O)OCC)cc3)nc(-c3ccccc3O)n2)c1)COC(=O)c1ccc(-c2nc(-c3ccccc3O)nc(-c3ccccc3O)n2)cc1. The summed E-state index contributed by atoms with van der Waals surface area (Å²) in [7, 11) is 0. The molecule has 0 radical (unpaired) electrons. The fraction of sp³-hybridized carbons (Fsp3) is 0.185. The fourth-order valence-electron chi connectivity index (χ4n) is 7.57. The number of aromatic nitrogens is 6. The largest absolute Gasteiger partial charge is 0.507 e. The monoisotopic (exact) mass is 908 g/mol. The third kappa shape index (κ3) is 10.8. The van der Waals surface area contributed by atoms with E-state index in [1.54, 1.807) is 128 Å². The Kier molecular flexibility index (Phi) is 14.3. The molecule has 1 unspecified atom stereocenters. The Hall–Kier alpha value is -8.52. The van der Waals surface area contributed by atoms with E-state index in [1.165, 1.54) is 6.07 Å². The Morgan fingerprint density at radius 2 is 0.882 bits per heavy atom. The maximum absolute atomic E-state index is 13.5. The number of aryl methyl sites for hydroxylation is 1. The number of ether oxygens (including phenoxy) is 2. The number of hydrogen-bond donors (Lipinski definition) is 4. The van der Waals surface area contributed by atoms with E-state index in [-0.39, 0.29) is 77.1 Å². The molecular weight excluding hydrogens is 861 g/mol. The first kappa shape index (κ1) is 46.0. The van der Waals surface area contributed by atoms with E-state index < -0.39 is 11.9 Å². The summed E-state index contributed by atoms with van der Waals surface area (Å²) in [5, 5.41) is 43.2. The summed E-state index contributed by atoms with van der Waals surface area (Å²) in [5.41, 5.74) is 4.32. The van der Waals surface area contributed by atoms with E-state index >= 15 is 0 Å². The van der Waals surface area contributed by atoms with E-state index in [2.05, 4.69) is 26.9 Å². The van der Waals surface area contributed by atoms with Gasteiger partial charge in [0.05, 0.1) is 46.6 Å². The van der Waals surface area contributed by atoms with Crippen LogP contribution >= 0.6 is 0 Å². The van der Waals surface area contributed by atoms with Crippen molar-refractivity contribution in [1.29, 1.82) is 0 Å². The van der Waals surface area contributed by atoms with Crippen molar-refractivity contribution >= 4 is 11.9 Å². The Morgan fingerprint density at radius 1 is 0.471 bits per heavy atom. The molecule has 14 heteroatoms. The van der Waals surface area contributed by atoms with Crippen LogP contribution in [0.1, 0.15) is 65.8 Å². The number of nitrogens with zero attached hydrogens (tertiary/aromatic N) is 6. The first-order chi connectivity index (χ1) is 33.1. The second-order valence-electron chi connectivity index (χ2n) is 16.0. The average Bonchev–Trinajstić information content (AvgIpc) is 3.36. The molecule has 8 rings (SSSR count). The van der Waals surface area contributed by atoms with Crippen LogP contribution in [-0.2, 0) is 15.9 Å². The topological polar surface area (TPSA) is 211 Å². The smallest absolute Gasteiger partial charge is 0.338 e. The van der Waals surface area contributed by atoms with Crippen LogP contribution in [0.4, 0.5) is 0 Å². The van der Waals surface area contributed by atoms with Crippen LogP contribution in [0.2, 0.25) is 0 Å². The molecule has 14 nitrogen and oxygen atoms in total. The minimum Gasteiger partial charge on any atom is -0.507 e. The molecule has 68 heavy (non-hydrogen) atoms. The Labute approximate surface area is 392 Å². The molecule has 0 fully saturated rings. The maximum Gasteiger partial charge on any atom is 0.338 e. The van der Waals surface area contributed by atoms with Crippen molar-refractivity contribution < 1.29 is 39.5 Å². The molecule has 0 saturated heterocycles. The van der Waals surface area contributed by atoms with Gasteiger partial charge < -0.3 is 29.9 Å². The number of unbranched alkanes of at least 4 members (excludes halogenated alkanes) is 1. The molecule has 0 spiro atoms. The zero-order valence-electron chi connectivity index (χ0n) is 37.4. The molecule has 6 aromatic carbocycles. The van der Waals surface area contributed by atoms with Gasteiger partial charge in [-0.25, -0.2) is 39.5 Å². The molecule has 4 N–H and O–H groups in total. The van der Waals surface area contributed by atoms with Crippen LogP contribution in [0.15, 0.2) is 140 Å². The van der Waals surface area contributed by atoms with Crippen molar-refractivity contribution in [1.82, 2.24) is 29.9 Å². The lowest BCUT2D eigenvalue weighted by molar-refractivity contribution is 0.0424. The molecule has 342 valence electrons. The highest BCUT2D eigenvalue weighted by molar-refractivity contribution is 5.90. The number of phenolic OH excluding ortho intramolecular Hbond substituents is 4. The standard InChI is InChI=1S/C54H48N6O8/c1-3-5-12-34(32-68-54(66)38-28-24-35(25-29-38)47-55-49(39-13-6-9-16-43(39)61)59-50(56-47)40-14-7-10-17-44(40)62)20-19-33-21-30-46(64)42(31-33)52-58-48(36-22-26-37(27-23-36)53(65)67-4-2)57-51(60-52)41-15-8-11-18-45(41)63/h6-11,13-18,21-31,34,61-64H,3-5,12,19-20,32H2,1-2H3. The highest BCUT2D eigenvalue weighted by atomic mass is 16.5. The van der Waals surface area contributed by atoms with Gasteiger partial charge in [-0.05, 0) is 110 Å². The van der Waals surface area contributed by atoms with Gasteiger partial charge in [-0.3, -0.25) is 0 Å². The highest BCUT2D eigenvalue weighted by Crippen LogP contribution is 2.35. The number of para-hydroxylation sites is 3. The van der Waals surface area contributed by atoms with Crippen LogP contribution in [0.3, 0.4) is 0 Å². The molecule has 2 heterocycles. The third-order valence-corrected chi connectivity index (χ3v) is 11.3. The first-order valence-electron chi connectivity index (χ1n) is 22.3. The predicted octanol–water partition coefficient (Wildman–Crippen LogP) is 10.7. The number of carbonyl (C=O) groups is 2. The van der Waals surface area contributed by atoms with Gasteiger partial charge in [0.1, 0.15) is 23.0 Å². The summed E-state index contributed by atoms with van der Waals surface area (Å²) in [6.45, 7) is 4.29. The predicted molar refractivity (Wildman–Crippen MR) is 257 cm³/mol. The summed E-state index contributed by atoms with van der Waals surface area (Å²) in [4.78, 5) is 53.8. The lowest BCUT2D eigenvalue weighted by Gasteiger charge is -2.17. The molecule has 0 saturated carbocycles. The molecule has 8 aromatic rings. The number of benzene rings is 6. The second-order valence-corrected chi connectivity index (χ2v) is 16.0. The zero-order valence-corrected chi connectivity index (χ0v) is 37.4. The quantitative estimate of drug-likeness (QED) is 0.0627. The van der Waals surface area contributed by atoms with Crippen molar-refractivity contribution in [2.75, 3.05) is 13.2 Å². The molecule has 1 atom stereocenters. The molecular formula is C54H48N6O8. The minimum absolute atomic E-state index is 0.0110. The second kappa shape index (κ2) is 21.2. The number of phenols is 4. The lowest BCUT2D eigenvalue weighted by atomic mass is 9.94. The van der Waals surface area contributed by atoms with Crippen molar-refractivity contribution in [2.45, 2.75) is 46.0 Å². The Bertz CT molecular complexity index is 3010. The van der Waals surface area contributed by atoms with Gasteiger partial charge >= 0.3 is 11.9 Å². The summed E-state index contributed by atoms with van der Waals surface area (Å²) in [6, 6.07) is 38.7. The van der Waals surface area contributed by atoms with Gasteiger partial charge in [-0.15, -0.1) is 0 Å². The number of esters is 2. The molecule has 0 aliphatic heterocycles. The number of rotatable bonds is 17. The Morgan fingerprint density at radius 3 is 1.32 bits per heavy atom. The van der Waals surface area contributed by atoms with Crippen LogP contribution in [-0.4, -0.2) is 75.5 Å². The minimum atomic E-state index is -0.480. The summed E-state index contributed by atoms with van der Waals surface area (Å²) >= 11 is 0. The molecule has 0 amide bonds. The van der Waals surface area contributed by atoms with Crippen molar-refractivity contribution in [2.24, 2.45) is 5.92 Å². The van der Waals surface area contributed by atoms with Gasteiger partial charge in [0.2, 0.25) is 0 Å². The van der Waals surface area contributed by atoms with E-state index in [1.807, 2.05) is 12.1 Å². The van der Waals surface area contributed by atoms with Crippen LogP contribution in [0.5, 0.6) is 23.0 Å². The van der Waals surface area contributed by atoms with Crippen LogP contribution in [0, 0.1) is 5.92 Å². The van der Waals surface area contributed by atoms with E-state index in [9.17, 15) is 30.0 Å². The zero-order chi connectivity index (χ0) is 47.6. The molecule has 0 bridgehead atoms. The molecule has 2 aromatic heterocycles. The number of aromatic hydroxyl groups is 4. The third-order valence-electron chi connectivity index (χ3n) is 11.3. The Balaban J connectivity index is 0.990. The summed E-state index contributed by atoms with van der Waals surface area (Å²) < 4.78 is 11.1. The van der Waals surface area contributed by atoms with Gasteiger partial charge in [-0.2, -0.15) is 0 Å². The van der Waals surface area contributed by atoms with Gasteiger partial charge in [0.15, 0.2) is 34.9 Å². The average molecular weight is 909 g/mol. The number of carbonyl (C=O) groups excluding carboxylic acids is 2. The lowest BCUT2D eigenvalue weighted by Crippen LogP contribution is -2.15.